The van der Waals surface area contributed by atoms with Crippen LogP contribution >= 0.6 is 11.6 Å². The first kappa shape index (κ1) is 19.6. The Balaban J connectivity index is 1.78. The summed E-state index contributed by atoms with van der Waals surface area (Å²) in [5, 5.41) is 3.70. The van der Waals surface area contributed by atoms with E-state index < -0.39 is 6.10 Å². The maximum absolute atomic E-state index is 12.5. The van der Waals surface area contributed by atoms with E-state index in [-0.39, 0.29) is 17.9 Å². The number of carbonyl (C=O) groups excluding carboxylic acids is 2. The van der Waals surface area contributed by atoms with Crippen molar-refractivity contribution in [3.63, 3.8) is 0 Å². The summed E-state index contributed by atoms with van der Waals surface area (Å²) in [7, 11) is 0. The Morgan fingerprint density at radius 3 is 2.36 bits per heavy atom. The SMILES string of the molecule is CC(C)CC(=O)NC1CCN(C(=O)C(C)Oc2ccc(Cl)cc2)CC1. The highest BCUT2D eigenvalue weighted by Crippen LogP contribution is 2.18. The highest BCUT2D eigenvalue weighted by atomic mass is 35.5. The van der Waals surface area contributed by atoms with Gasteiger partial charge in [-0.2, -0.15) is 0 Å². The van der Waals surface area contributed by atoms with E-state index in [0.717, 1.165) is 12.8 Å². The molecule has 2 rings (SSSR count). The van der Waals surface area contributed by atoms with Gasteiger partial charge < -0.3 is 15.0 Å². The minimum atomic E-state index is -0.548. The first-order chi connectivity index (χ1) is 11.8. The molecule has 0 bridgehead atoms. The summed E-state index contributed by atoms with van der Waals surface area (Å²) in [6, 6.07) is 7.13. The maximum Gasteiger partial charge on any atom is 0.263 e. The average Bonchev–Trinajstić information content (AvgIpc) is 2.56. The molecular formula is C19H27ClN2O3. The molecular weight excluding hydrogens is 340 g/mol. The quantitative estimate of drug-likeness (QED) is 0.840. The summed E-state index contributed by atoms with van der Waals surface area (Å²) in [4.78, 5) is 26.2. The van der Waals surface area contributed by atoms with E-state index in [1.54, 1.807) is 31.2 Å². The first-order valence-electron chi connectivity index (χ1n) is 8.85. The van der Waals surface area contributed by atoms with Crippen LogP contribution in [0.4, 0.5) is 0 Å². The van der Waals surface area contributed by atoms with Gasteiger partial charge in [0.25, 0.3) is 5.91 Å². The van der Waals surface area contributed by atoms with Gasteiger partial charge in [-0.05, 0) is 49.9 Å². The van der Waals surface area contributed by atoms with E-state index in [9.17, 15) is 9.59 Å². The Bertz CT molecular complexity index is 581. The largest absolute Gasteiger partial charge is 0.481 e. The number of halogens is 1. The Morgan fingerprint density at radius 2 is 1.80 bits per heavy atom. The molecule has 1 unspecified atom stereocenters. The fraction of sp³-hybridized carbons (Fsp3) is 0.579. The first-order valence-corrected chi connectivity index (χ1v) is 9.23. The molecule has 1 heterocycles. The number of nitrogens with one attached hydrogen (secondary N) is 1. The molecule has 0 spiro atoms. The van der Waals surface area contributed by atoms with Crippen LogP contribution in [0.15, 0.2) is 24.3 Å². The maximum atomic E-state index is 12.5. The van der Waals surface area contributed by atoms with E-state index >= 15 is 0 Å². The molecule has 0 saturated carbocycles. The number of rotatable bonds is 6. The topological polar surface area (TPSA) is 58.6 Å². The third-order valence-electron chi connectivity index (χ3n) is 4.24. The van der Waals surface area contributed by atoms with E-state index in [1.807, 2.05) is 18.7 Å². The van der Waals surface area contributed by atoms with E-state index in [4.69, 9.17) is 16.3 Å². The molecule has 1 aromatic carbocycles. The lowest BCUT2D eigenvalue weighted by molar-refractivity contribution is -0.139. The van der Waals surface area contributed by atoms with E-state index in [1.165, 1.54) is 0 Å². The molecule has 25 heavy (non-hydrogen) atoms. The third kappa shape index (κ3) is 6.24. The lowest BCUT2D eigenvalue weighted by Gasteiger charge is -2.34. The molecule has 0 radical (unpaired) electrons. The van der Waals surface area contributed by atoms with E-state index in [2.05, 4.69) is 5.32 Å². The zero-order valence-electron chi connectivity index (χ0n) is 15.1. The molecule has 0 aromatic heterocycles. The number of nitrogens with zero attached hydrogens (tertiary/aromatic N) is 1. The molecule has 1 aromatic rings. The van der Waals surface area contributed by atoms with Crippen LogP contribution in [0.5, 0.6) is 5.75 Å². The van der Waals surface area contributed by atoms with Gasteiger partial charge in [0.1, 0.15) is 5.75 Å². The summed E-state index contributed by atoms with van der Waals surface area (Å²) in [5.41, 5.74) is 0. The van der Waals surface area contributed by atoms with Crippen LogP contribution in [-0.2, 0) is 9.59 Å². The zero-order valence-corrected chi connectivity index (χ0v) is 15.9. The second-order valence-corrected chi connectivity index (χ2v) is 7.42. The number of hydrogen-bond donors (Lipinski definition) is 1. The number of hydrogen-bond acceptors (Lipinski definition) is 3. The van der Waals surface area contributed by atoms with Gasteiger partial charge in [-0.3, -0.25) is 9.59 Å². The molecule has 1 saturated heterocycles. The third-order valence-corrected chi connectivity index (χ3v) is 4.49. The molecule has 0 aliphatic carbocycles. The van der Waals surface area contributed by atoms with Gasteiger partial charge in [0.15, 0.2) is 6.10 Å². The van der Waals surface area contributed by atoms with Crippen LogP contribution in [0, 0.1) is 5.92 Å². The van der Waals surface area contributed by atoms with E-state index in [0.29, 0.717) is 36.2 Å². The Morgan fingerprint density at radius 1 is 1.20 bits per heavy atom. The van der Waals surface area contributed by atoms with Crippen LogP contribution < -0.4 is 10.1 Å². The van der Waals surface area contributed by atoms with Gasteiger partial charge in [-0.1, -0.05) is 25.4 Å². The molecule has 138 valence electrons. The van der Waals surface area contributed by atoms with Crippen LogP contribution in [-0.4, -0.2) is 41.9 Å². The number of benzene rings is 1. The fourth-order valence-electron chi connectivity index (χ4n) is 2.93. The number of amides is 2. The van der Waals surface area contributed by atoms with Gasteiger partial charge in [-0.25, -0.2) is 0 Å². The number of likely N-dealkylation sites (tertiary alicyclic amines) is 1. The Hall–Kier alpha value is -1.75. The highest BCUT2D eigenvalue weighted by Gasteiger charge is 2.27. The number of piperidine rings is 1. The molecule has 5 nitrogen and oxygen atoms in total. The van der Waals surface area contributed by atoms with Crippen molar-refractivity contribution >= 4 is 23.4 Å². The number of carbonyl (C=O) groups is 2. The van der Waals surface area contributed by atoms with Gasteiger partial charge in [0.2, 0.25) is 5.91 Å². The predicted molar refractivity (Wildman–Crippen MR) is 98.7 cm³/mol. The lowest BCUT2D eigenvalue weighted by Crippen LogP contribution is -2.49. The van der Waals surface area contributed by atoms with Crippen molar-refractivity contribution in [3.8, 4) is 5.75 Å². The van der Waals surface area contributed by atoms with Crippen molar-refractivity contribution in [1.82, 2.24) is 10.2 Å². The fourth-order valence-corrected chi connectivity index (χ4v) is 3.05. The predicted octanol–water partition coefficient (Wildman–Crippen LogP) is 3.26. The number of ether oxygens (including phenoxy) is 1. The van der Waals surface area contributed by atoms with Crippen LogP contribution in [0.1, 0.15) is 40.0 Å². The van der Waals surface area contributed by atoms with Crippen LogP contribution in [0.3, 0.4) is 0 Å². The summed E-state index contributed by atoms with van der Waals surface area (Å²) in [6.07, 6.45) is 1.56. The molecule has 1 aliphatic heterocycles. The normalized spacial score (nSPS) is 16.6. The van der Waals surface area contributed by atoms with Gasteiger partial charge in [0, 0.05) is 30.6 Å². The van der Waals surface area contributed by atoms with Crippen molar-refractivity contribution in [3.05, 3.63) is 29.3 Å². The summed E-state index contributed by atoms with van der Waals surface area (Å²) >= 11 is 5.85. The Labute approximate surface area is 154 Å². The molecule has 1 aliphatic rings. The van der Waals surface area contributed by atoms with Crippen LogP contribution in [0.2, 0.25) is 5.02 Å². The minimum Gasteiger partial charge on any atom is -0.481 e. The van der Waals surface area contributed by atoms with Crippen molar-refractivity contribution in [2.45, 2.75) is 52.2 Å². The van der Waals surface area contributed by atoms with Crippen molar-refractivity contribution in [1.29, 1.82) is 0 Å². The standard InChI is InChI=1S/C19H27ClN2O3/c1-13(2)12-18(23)21-16-8-10-22(11-9-16)19(24)14(3)25-17-6-4-15(20)5-7-17/h4-7,13-14,16H,8-12H2,1-3H3,(H,21,23). The smallest absolute Gasteiger partial charge is 0.263 e. The summed E-state index contributed by atoms with van der Waals surface area (Å²) in [6.45, 7) is 7.10. The highest BCUT2D eigenvalue weighted by molar-refractivity contribution is 6.30. The van der Waals surface area contributed by atoms with Gasteiger partial charge in [-0.15, -0.1) is 0 Å². The zero-order chi connectivity index (χ0) is 18.4. The van der Waals surface area contributed by atoms with Crippen molar-refractivity contribution in [2.24, 2.45) is 5.92 Å². The van der Waals surface area contributed by atoms with Crippen LogP contribution in [0.25, 0.3) is 0 Å². The van der Waals surface area contributed by atoms with Crippen molar-refractivity contribution < 1.29 is 14.3 Å². The second kappa shape index (κ2) is 9.09. The molecule has 1 N–H and O–H groups in total. The minimum absolute atomic E-state index is 0.0260. The van der Waals surface area contributed by atoms with Gasteiger partial charge >= 0.3 is 0 Å². The molecule has 1 atom stereocenters. The Kier molecular flexibility index (Phi) is 7.12. The van der Waals surface area contributed by atoms with Crippen molar-refractivity contribution in [2.75, 3.05) is 13.1 Å². The molecule has 2 amide bonds. The van der Waals surface area contributed by atoms with Gasteiger partial charge in [0.05, 0.1) is 0 Å². The monoisotopic (exact) mass is 366 g/mol. The average molecular weight is 367 g/mol. The molecule has 1 fully saturated rings. The second-order valence-electron chi connectivity index (χ2n) is 6.98. The summed E-state index contributed by atoms with van der Waals surface area (Å²) in [5.74, 6) is 1.05. The molecule has 6 heteroatoms. The lowest BCUT2D eigenvalue weighted by atomic mass is 10.0. The summed E-state index contributed by atoms with van der Waals surface area (Å²) < 4.78 is 5.70.